The van der Waals surface area contributed by atoms with Gasteiger partial charge < -0.3 is 9.47 Å². The van der Waals surface area contributed by atoms with Gasteiger partial charge in [0.1, 0.15) is 5.82 Å². The zero-order valence-electron chi connectivity index (χ0n) is 15.6. The van der Waals surface area contributed by atoms with Crippen molar-refractivity contribution in [3.8, 4) is 11.4 Å². The molecule has 1 aromatic heterocycles. The maximum absolute atomic E-state index is 12.9. The number of carbonyl (C=O) groups is 1. The summed E-state index contributed by atoms with van der Waals surface area (Å²) in [7, 11) is 0. The van der Waals surface area contributed by atoms with Crippen LogP contribution in [0, 0.1) is 0 Å². The minimum absolute atomic E-state index is 0.264. The summed E-state index contributed by atoms with van der Waals surface area (Å²) >= 11 is 3.55. The summed E-state index contributed by atoms with van der Waals surface area (Å²) in [5.41, 5.74) is 3.17. The molecule has 5 rings (SSSR count). The number of carbonyl (C=O) groups excluding carboxylic acids is 1. The highest BCUT2D eigenvalue weighted by Crippen LogP contribution is 2.49. The quantitative estimate of drug-likeness (QED) is 0.588. The van der Waals surface area contributed by atoms with E-state index in [-0.39, 0.29) is 5.91 Å². The number of aromatic nitrogens is 2. The van der Waals surface area contributed by atoms with Crippen molar-refractivity contribution in [3.05, 3.63) is 76.5 Å². The molecule has 142 valence electrons. The third-order valence-electron chi connectivity index (χ3n) is 6.15. The number of rotatable bonds is 4. The molecule has 28 heavy (non-hydrogen) atoms. The maximum atomic E-state index is 12.9. The molecule has 3 heterocycles. The van der Waals surface area contributed by atoms with Crippen molar-refractivity contribution in [1.82, 2.24) is 14.5 Å². The molecule has 1 atom stereocenters. The molecule has 2 aliphatic rings. The van der Waals surface area contributed by atoms with Gasteiger partial charge in [0.15, 0.2) is 0 Å². The van der Waals surface area contributed by atoms with Crippen molar-refractivity contribution >= 4 is 21.8 Å². The summed E-state index contributed by atoms with van der Waals surface area (Å²) in [5.74, 6) is 1.24. The van der Waals surface area contributed by atoms with Gasteiger partial charge in [0, 0.05) is 41.9 Å². The van der Waals surface area contributed by atoms with Gasteiger partial charge in [-0.1, -0.05) is 52.3 Å². The summed E-state index contributed by atoms with van der Waals surface area (Å²) in [5, 5.41) is 0. The van der Waals surface area contributed by atoms with Gasteiger partial charge in [0.2, 0.25) is 5.91 Å². The van der Waals surface area contributed by atoms with Crippen molar-refractivity contribution < 1.29 is 4.79 Å². The molecule has 0 spiro atoms. The van der Waals surface area contributed by atoms with Crippen LogP contribution in [0.2, 0.25) is 0 Å². The van der Waals surface area contributed by atoms with Crippen LogP contribution >= 0.6 is 15.9 Å². The average molecular weight is 436 g/mol. The summed E-state index contributed by atoms with van der Waals surface area (Å²) in [6, 6.07) is 17.0. The molecule has 3 aromatic rings. The van der Waals surface area contributed by atoms with Gasteiger partial charge in [0.25, 0.3) is 0 Å². The van der Waals surface area contributed by atoms with Gasteiger partial charge in [-0.25, -0.2) is 4.98 Å². The highest BCUT2D eigenvalue weighted by atomic mass is 79.9. The highest BCUT2D eigenvalue weighted by Gasteiger charge is 2.45. The first kappa shape index (κ1) is 17.7. The van der Waals surface area contributed by atoms with Gasteiger partial charge >= 0.3 is 0 Å². The number of fused-ring (bicyclic) bond motifs is 3. The Kier molecular flexibility index (Phi) is 4.35. The summed E-state index contributed by atoms with van der Waals surface area (Å²) in [6.45, 7) is 1.80. The molecular formula is C23H22BrN3O. The van der Waals surface area contributed by atoms with E-state index in [0.717, 1.165) is 48.2 Å². The molecule has 0 bridgehead atoms. The van der Waals surface area contributed by atoms with Crippen LogP contribution in [-0.2, 0) is 10.3 Å². The molecule has 2 aromatic carbocycles. The first-order valence-electron chi connectivity index (χ1n) is 9.88. The lowest BCUT2D eigenvalue weighted by Gasteiger charge is -2.34. The normalized spacial score (nSPS) is 20.2. The Morgan fingerprint density at radius 3 is 2.61 bits per heavy atom. The van der Waals surface area contributed by atoms with E-state index in [1.165, 1.54) is 11.1 Å². The Morgan fingerprint density at radius 1 is 1.07 bits per heavy atom. The van der Waals surface area contributed by atoms with E-state index in [2.05, 4.69) is 80.2 Å². The van der Waals surface area contributed by atoms with Crippen molar-refractivity contribution in [1.29, 1.82) is 0 Å². The second kappa shape index (κ2) is 6.89. The summed E-state index contributed by atoms with van der Waals surface area (Å²) < 4.78 is 3.31. The van der Waals surface area contributed by atoms with E-state index >= 15 is 0 Å². The van der Waals surface area contributed by atoms with Crippen LogP contribution < -0.4 is 0 Å². The Bertz CT molecular complexity index is 1020. The number of hydrogen-bond donors (Lipinski definition) is 0. The van der Waals surface area contributed by atoms with E-state index in [1.807, 2.05) is 11.1 Å². The largest absolute Gasteiger partial charge is 0.343 e. The van der Waals surface area contributed by atoms with Crippen LogP contribution in [0.15, 0.2) is 65.4 Å². The predicted octanol–water partition coefficient (Wildman–Crippen LogP) is 4.82. The van der Waals surface area contributed by atoms with Gasteiger partial charge in [-0.15, -0.1) is 0 Å². The monoisotopic (exact) mass is 435 g/mol. The highest BCUT2D eigenvalue weighted by molar-refractivity contribution is 9.10. The molecule has 0 radical (unpaired) electrons. The topological polar surface area (TPSA) is 38.1 Å². The van der Waals surface area contributed by atoms with E-state index in [4.69, 9.17) is 0 Å². The zero-order valence-corrected chi connectivity index (χ0v) is 17.2. The number of imidazole rings is 1. The number of benzene rings is 2. The maximum Gasteiger partial charge on any atom is 0.222 e. The average Bonchev–Trinajstić information content (AvgIpc) is 3.45. The third-order valence-corrected chi connectivity index (χ3v) is 6.68. The Morgan fingerprint density at radius 2 is 1.82 bits per heavy atom. The molecule has 1 unspecified atom stereocenters. The summed E-state index contributed by atoms with van der Waals surface area (Å²) in [6.07, 6.45) is 7.42. The second-order valence-corrected chi connectivity index (χ2v) is 8.54. The summed E-state index contributed by atoms with van der Waals surface area (Å²) in [4.78, 5) is 19.5. The fourth-order valence-corrected chi connectivity index (χ4v) is 5.08. The van der Waals surface area contributed by atoms with Gasteiger partial charge in [-0.3, -0.25) is 4.79 Å². The smallest absolute Gasteiger partial charge is 0.222 e. The van der Waals surface area contributed by atoms with Crippen LogP contribution in [0.4, 0.5) is 0 Å². The Labute approximate surface area is 173 Å². The molecule has 0 aliphatic carbocycles. The number of nitrogens with zero attached hydrogens (tertiary/aromatic N) is 3. The van der Waals surface area contributed by atoms with Crippen LogP contribution in [0.1, 0.15) is 36.8 Å². The van der Waals surface area contributed by atoms with Crippen LogP contribution in [0.25, 0.3) is 11.4 Å². The number of hydrogen-bond acceptors (Lipinski definition) is 2. The standard InChI is InChI=1S/C23H22BrN3O/c24-18-9-7-17(8-10-18)23(12-11-21(28)26-14-3-4-15-26)20-6-2-1-5-19(20)22-25-13-16-27(22)23/h1-2,5-10,13,16H,3-4,11-12,14-15H2. The number of likely N-dealkylation sites (tertiary alicyclic amines) is 1. The van der Waals surface area contributed by atoms with Gasteiger partial charge in [-0.2, -0.15) is 0 Å². The number of amides is 1. The van der Waals surface area contributed by atoms with Gasteiger partial charge in [-0.05, 0) is 42.5 Å². The fourth-order valence-electron chi connectivity index (χ4n) is 4.81. The van der Waals surface area contributed by atoms with Crippen molar-refractivity contribution in [2.45, 2.75) is 31.2 Å². The minimum atomic E-state index is -0.404. The fraction of sp³-hybridized carbons (Fsp3) is 0.304. The molecule has 5 heteroatoms. The minimum Gasteiger partial charge on any atom is -0.343 e. The Balaban J connectivity index is 1.62. The SMILES string of the molecule is O=C(CCC1(c2ccc(Br)cc2)c2ccccc2-c2nccn21)N1CCCC1. The first-order chi connectivity index (χ1) is 13.7. The third kappa shape index (κ3) is 2.64. The Hall–Kier alpha value is -2.40. The van der Waals surface area contributed by atoms with Crippen molar-refractivity contribution in [2.75, 3.05) is 13.1 Å². The van der Waals surface area contributed by atoms with E-state index in [0.29, 0.717) is 6.42 Å². The van der Waals surface area contributed by atoms with Crippen LogP contribution in [0.5, 0.6) is 0 Å². The van der Waals surface area contributed by atoms with E-state index in [9.17, 15) is 4.79 Å². The van der Waals surface area contributed by atoms with Gasteiger partial charge in [0.05, 0.1) is 5.54 Å². The molecule has 2 aliphatic heterocycles. The lowest BCUT2D eigenvalue weighted by molar-refractivity contribution is -0.130. The lowest BCUT2D eigenvalue weighted by Crippen LogP contribution is -2.36. The molecular weight excluding hydrogens is 414 g/mol. The predicted molar refractivity (Wildman–Crippen MR) is 113 cm³/mol. The molecule has 1 fully saturated rings. The van der Waals surface area contributed by atoms with Crippen molar-refractivity contribution in [3.63, 3.8) is 0 Å². The molecule has 1 amide bonds. The second-order valence-electron chi connectivity index (χ2n) is 7.62. The zero-order chi connectivity index (χ0) is 19.1. The van der Waals surface area contributed by atoms with Crippen molar-refractivity contribution in [2.24, 2.45) is 0 Å². The lowest BCUT2D eigenvalue weighted by atomic mass is 9.79. The van der Waals surface area contributed by atoms with E-state index in [1.54, 1.807) is 0 Å². The molecule has 0 N–H and O–H groups in total. The van der Waals surface area contributed by atoms with Crippen LogP contribution in [0.3, 0.4) is 0 Å². The van der Waals surface area contributed by atoms with E-state index < -0.39 is 5.54 Å². The van der Waals surface area contributed by atoms with Crippen LogP contribution in [-0.4, -0.2) is 33.4 Å². The number of halogens is 1. The molecule has 0 saturated carbocycles. The molecule has 4 nitrogen and oxygen atoms in total. The molecule has 1 saturated heterocycles. The first-order valence-corrected chi connectivity index (χ1v) is 10.7.